The van der Waals surface area contributed by atoms with E-state index in [2.05, 4.69) is 36.2 Å². The summed E-state index contributed by atoms with van der Waals surface area (Å²) in [5.74, 6) is 1.93. The second kappa shape index (κ2) is 5.27. The number of furan rings is 1. The molecule has 0 unspecified atom stereocenters. The van der Waals surface area contributed by atoms with Gasteiger partial charge in [-0.2, -0.15) is 0 Å². The zero-order valence-corrected chi connectivity index (χ0v) is 11.2. The second-order valence-electron chi connectivity index (χ2n) is 4.75. The first-order chi connectivity index (χ1) is 8.56. The van der Waals surface area contributed by atoms with Crippen LogP contribution in [0.15, 0.2) is 40.8 Å². The quantitative estimate of drug-likeness (QED) is 0.897. The van der Waals surface area contributed by atoms with Crippen LogP contribution in [0.1, 0.15) is 30.0 Å². The zero-order valence-electron chi connectivity index (χ0n) is 11.2. The largest absolute Gasteiger partial charge is 0.464 e. The topological polar surface area (TPSA) is 42.4 Å². The fourth-order valence-corrected chi connectivity index (χ4v) is 1.93. The predicted octanol–water partition coefficient (Wildman–Crippen LogP) is 3.24. The monoisotopic (exact) mass is 244 g/mol. The highest BCUT2D eigenvalue weighted by atomic mass is 16.3. The van der Waals surface area contributed by atoms with E-state index in [-0.39, 0.29) is 6.04 Å². The molecule has 0 saturated carbocycles. The van der Waals surface area contributed by atoms with Gasteiger partial charge in [-0.15, -0.1) is 0 Å². The smallest absolute Gasteiger partial charge is 0.123 e. The Morgan fingerprint density at radius 3 is 2.33 bits per heavy atom. The number of hydrogen-bond donors (Lipinski definition) is 1. The Balaban J connectivity index is 2.06. The molecule has 18 heavy (non-hydrogen) atoms. The summed E-state index contributed by atoms with van der Waals surface area (Å²) in [4.78, 5) is 2.16. The predicted molar refractivity (Wildman–Crippen MR) is 74.6 cm³/mol. The van der Waals surface area contributed by atoms with Crippen LogP contribution in [0.2, 0.25) is 0 Å². The Morgan fingerprint density at radius 2 is 1.83 bits per heavy atom. The van der Waals surface area contributed by atoms with E-state index in [9.17, 15) is 0 Å². The van der Waals surface area contributed by atoms with E-state index in [1.54, 1.807) is 0 Å². The summed E-state index contributed by atoms with van der Waals surface area (Å²) < 4.78 is 5.58. The molecular weight excluding hydrogens is 224 g/mol. The molecule has 2 rings (SSSR count). The normalized spacial score (nSPS) is 12.4. The van der Waals surface area contributed by atoms with Crippen molar-refractivity contribution in [3.8, 4) is 0 Å². The Kier molecular flexibility index (Phi) is 3.72. The lowest BCUT2D eigenvalue weighted by Gasteiger charge is -2.18. The van der Waals surface area contributed by atoms with Crippen molar-refractivity contribution in [3.05, 3.63) is 53.5 Å². The summed E-state index contributed by atoms with van der Waals surface area (Å²) >= 11 is 0. The van der Waals surface area contributed by atoms with E-state index in [1.807, 2.05) is 26.0 Å². The molecular formula is C15H20N2O. The van der Waals surface area contributed by atoms with Gasteiger partial charge < -0.3 is 15.1 Å². The third-order valence-electron chi connectivity index (χ3n) is 3.05. The standard InChI is InChI=1S/C15H20N2O/c1-11-4-9-15(18-11)10-17(3)14-7-5-13(6-8-14)12(2)16/h4-9,12H,10,16H2,1-3H3/t12-/m1/s1. The van der Waals surface area contributed by atoms with Crippen LogP contribution >= 0.6 is 0 Å². The summed E-state index contributed by atoms with van der Waals surface area (Å²) in [5.41, 5.74) is 8.15. The van der Waals surface area contributed by atoms with Crippen molar-refractivity contribution in [1.82, 2.24) is 0 Å². The first kappa shape index (κ1) is 12.7. The maximum absolute atomic E-state index is 5.84. The molecule has 1 aromatic heterocycles. The van der Waals surface area contributed by atoms with E-state index in [0.717, 1.165) is 29.3 Å². The van der Waals surface area contributed by atoms with Crippen molar-refractivity contribution in [2.24, 2.45) is 5.73 Å². The van der Waals surface area contributed by atoms with Gasteiger partial charge in [-0.3, -0.25) is 0 Å². The molecule has 2 N–H and O–H groups in total. The molecule has 0 fully saturated rings. The highest BCUT2D eigenvalue weighted by molar-refractivity contribution is 5.47. The molecule has 1 heterocycles. The molecule has 1 atom stereocenters. The van der Waals surface area contributed by atoms with Crippen molar-refractivity contribution < 1.29 is 4.42 Å². The van der Waals surface area contributed by atoms with Crippen LogP contribution in [0, 0.1) is 6.92 Å². The summed E-state index contributed by atoms with van der Waals surface area (Å²) in [7, 11) is 2.05. The molecule has 0 radical (unpaired) electrons. The number of aryl methyl sites for hydroxylation is 1. The first-order valence-electron chi connectivity index (χ1n) is 6.18. The molecule has 0 aliphatic rings. The lowest BCUT2D eigenvalue weighted by molar-refractivity contribution is 0.482. The molecule has 96 valence electrons. The van der Waals surface area contributed by atoms with Gasteiger partial charge in [0.25, 0.3) is 0 Å². The number of hydrogen-bond acceptors (Lipinski definition) is 3. The summed E-state index contributed by atoms with van der Waals surface area (Å²) in [6.07, 6.45) is 0. The van der Waals surface area contributed by atoms with E-state index in [1.165, 1.54) is 0 Å². The average Bonchev–Trinajstić information content (AvgIpc) is 2.75. The zero-order chi connectivity index (χ0) is 13.1. The van der Waals surface area contributed by atoms with Gasteiger partial charge in [0.2, 0.25) is 0 Å². The number of nitrogens with zero attached hydrogens (tertiary/aromatic N) is 1. The maximum atomic E-state index is 5.84. The first-order valence-corrected chi connectivity index (χ1v) is 6.18. The van der Waals surface area contributed by atoms with Crippen molar-refractivity contribution >= 4 is 5.69 Å². The molecule has 2 aromatic rings. The van der Waals surface area contributed by atoms with E-state index in [0.29, 0.717) is 0 Å². The van der Waals surface area contributed by atoms with E-state index in [4.69, 9.17) is 10.2 Å². The van der Waals surface area contributed by atoms with Crippen LogP contribution in [-0.4, -0.2) is 7.05 Å². The fourth-order valence-electron chi connectivity index (χ4n) is 1.93. The van der Waals surface area contributed by atoms with Gasteiger partial charge in [0.05, 0.1) is 6.54 Å². The molecule has 1 aromatic carbocycles. The van der Waals surface area contributed by atoms with Crippen LogP contribution in [0.3, 0.4) is 0 Å². The third kappa shape index (κ3) is 2.93. The van der Waals surface area contributed by atoms with E-state index >= 15 is 0 Å². The number of benzene rings is 1. The lowest BCUT2D eigenvalue weighted by Crippen LogP contribution is -2.16. The molecule has 0 amide bonds. The SMILES string of the molecule is Cc1ccc(CN(C)c2ccc([C@@H](C)N)cc2)o1. The molecule has 0 bridgehead atoms. The molecule has 3 nitrogen and oxygen atoms in total. The Labute approximate surface area is 108 Å². The summed E-state index contributed by atoms with van der Waals surface area (Å²) in [6, 6.07) is 12.4. The van der Waals surface area contributed by atoms with E-state index < -0.39 is 0 Å². The molecule has 0 aliphatic heterocycles. The van der Waals surface area contributed by atoms with Crippen LogP contribution in [0.4, 0.5) is 5.69 Å². The fraction of sp³-hybridized carbons (Fsp3) is 0.333. The van der Waals surface area contributed by atoms with Crippen molar-refractivity contribution in [2.45, 2.75) is 26.4 Å². The van der Waals surface area contributed by atoms with Crippen LogP contribution in [0.25, 0.3) is 0 Å². The van der Waals surface area contributed by atoms with Crippen molar-refractivity contribution in [1.29, 1.82) is 0 Å². The van der Waals surface area contributed by atoms with Gasteiger partial charge in [0.1, 0.15) is 11.5 Å². The van der Waals surface area contributed by atoms with Gasteiger partial charge in [0.15, 0.2) is 0 Å². The van der Waals surface area contributed by atoms with Gasteiger partial charge in [-0.1, -0.05) is 12.1 Å². The minimum atomic E-state index is 0.0806. The molecule has 0 saturated heterocycles. The highest BCUT2D eigenvalue weighted by Gasteiger charge is 2.06. The maximum Gasteiger partial charge on any atom is 0.123 e. The Hall–Kier alpha value is -1.74. The lowest BCUT2D eigenvalue weighted by atomic mass is 10.1. The number of rotatable bonds is 4. The summed E-state index contributed by atoms with van der Waals surface area (Å²) in [6.45, 7) is 4.72. The third-order valence-corrected chi connectivity index (χ3v) is 3.05. The van der Waals surface area contributed by atoms with Gasteiger partial charge in [0, 0.05) is 18.8 Å². The molecule has 0 aliphatic carbocycles. The van der Waals surface area contributed by atoms with Crippen molar-refractivity contribution in [2.75, 3.05) is 11.9 Å². The number of anilines is 1. The summed E-state index contributed by atoms with van der Waals surface area (Å²) in [5, 5.41) is 0. The minimum absolute atomic E-state index is 0.0806. The molecule has 3 heteroatoms. The minimum Gasteiger partial charge on any atom is -0.464 e. The van der Waals surface area contributed by atoms with Crippen molar-refractivity contribution in [3.63, 3.8) is 0 Å². The van der Waals surface area contributed by atoms with Gasteiger partial charge in [-0.25, -0.2) is 0 Å². The Morgan fingerprint density at radius 1 is 1.17 bits per heavy atom. The second-order valence-corrected chi connectivity index (χ2v) is 4.75. The van der Waals surface area contributed by atoms with Crippen LogP contribution in [0.5, 0.6) is 0 Å². The molecule has 0 spiro atoms. The Bertz CT molecular complexity index is 499. The van der Waals surface area contributed by atoms with Crippen LogP contribution < -0.4 is 10.6 Å². The average molecular weight is 244 g/mol. The van der Waals surface area contributed by atoms with Gasteiger partial charge in [-0.05, 0) is 43.7 Å². The van der Waals surface area contributed by atoms with Crippen LogP contribution in [-0.2, 0) is 6.54 Å². The van der Waals surface area contributed by atoms with Gasteiger partial charge >= 0.3 is 0 Å². The highest BCUT2D eigenvalue weighted by Crippen LogP contribution is 2.19. The number of nitrogens with two attached hydrogens (primary N) is 1.